The Bertz CT molecular complexity index is 823. The maximum absolute atomic E-state index is 12.7. The van der Waals surface area contributed by atoms with Crippen LogP contribution < -0.4 is 15.5 Å². The molecule has 0 spiro atoms. The van der Waals surface area contributed by atoms with Crippen molar-refractivity contribution in [3.8, 4) is 0 Å². The molecule has 25 heavy (non-hydrogen) atoms. The summed E-state index contributed by atoms with van der Waals surface area (Å²) in [6.07, 6.45) is 5.60. The number of rotatable bonds is 4. The molecule has 1 aliphatic heterocycles. The third kappa shape index (κ3) is 3.42. The highest BCUT2D eigenvalue weighted by molar-refractivity contribution is 5.95. The number of fused-ring (bicyclic) bond motifs is 1. The van der Waals surface area contributed by atoms with Crippen molar-refractivity contribution in [3.63, 3.8) is 0 Å². The second-order valence-electron chi connectivity index (χ2n) is 6.51. The van der Waals surface area contributed by atoms with E-state index in [4.69, 9.17) is 0 Å². The van der Waals surface area contributed by atoms with Crippen LogP contribution in [0, 0.1) is 0 Å². The van der Waals surface area contributed by atoms with E-state index in [0.29, 0.717) is 18.1 Å². The largest absolute Gasteiger partial charge is 0.361 e. The minimum Gasteiger partial charge on any atom is -0.361 e. The van der Waals surface area contributed by atoms with Gasteiger partial charge in [0.2, 0.25) is 5.91 Å². The summed E-state index contributed by atoms with van der Waals surface area (Å²) in [6.45, 7) is 0.614. The summed E-state index contributed by atoms with van der Waals surface area (Å²) in [6, 6.07) is 3.63. The fraction of sp³-hybridized carbons (Fsp3) is 0.529. The van der Waals surface area contributed by atoms with E-state index >= 15 is 0 Å². The first kappa shape index (κ1) is 17.2. The number of carbonyl (C=O) groups is 1. The Morgan fingerprint density at radius 1 is 1.24 bits per heavy atom. The van der Waals surface area contributed by atoms with Crippen LogP contribution in [0.1, 0.15) is 25.1 Å². The number of nitrogens with zero attached hydrogens (tertiary/aromatic N) is 6. The van der Waals surface area contributed by atoms with Crippen LogP contribution in [0.4, 0.5) is 11.5 Å². The highest BCUT2D eigenvalue weighted by atomic mass is 16.2. The van der Waals surface area contributed by atoms with Gasteiger partial charge < -0.3 is 9.80 Å². The lowest BCUT2D eigenvalue weighted by Crippen LogP contribution is -2.35. The van der Waals surface area contributed by atoms with Gasteiger partial charge in [0, 0.05) is 40.3 Å². The van der Waals surface area contributed by atoms with E-state index in [1.165, 1.54) is 9.58 Å². The normalized spacial score (nSPS) is 13.9. The summed E-state index contributed by atoms with van der Waals surface area (Å²) in [7, 11) is 5.44. The monoisotopic (exact) mass is 344 g/mol. The molecule has 1 aliphatic rings. The Morgan fingerprint density at radius 3 is 2.80 bits per heavy atom. The van der Waals surface area contributed by atoms with Gasteiger partial charge in [0.15, 0.2) is 5.82 Å². The summed E-state index contributed by atoms with van der Waals surface area (Å²) in [4.78, 5) is 32.9. The SMILES string of the molecule is CN(C)c1ncccc1N(C)C(=O)Cn1nc2n(c1=O)CCCCC2. The first-order valence-electron chi connectivity index (χ1n) is 8.54. The van der Waals surface area contributed by atoms with Crippen LogP contribution in [0.2, 0.25) is 0 Å². The fourth-order valence-electron chi connectivity index (χ4n) is 3.09. The highest BCUT2D eigenvalue weighted by Gasteiger charge is 2.21. The average Bonchev–Trinajstić information content (AvgIpc) is 2.78. The van der Waals surface area contributed by atoms with Crippen molar-refractivity contribution in [1.82, 2.24) is 19.3 Å². The molecule has 0 saturated carbocycles. The molecule has 0 aliphatic carbocycles. The summed E-state index contributed by atoms with van der Waals surface area (Å²) >= 11 is 0. The predicted molar refractivity (Wildman–Crippen MR) is 96.0 cm³/mol. The molecule has 0 atom stereocenters. The smallest absolute Gasteiger partial charge is 0.346 e. The molecule has 3 heterocycles. The lowest BCUT2D eigenvalue weighted by Gasteiger charge is -2.22. The molecule has 8 heteroatoms. The molecule has 0 saturated heterocycles. The Balaban J connectivity index is 1.82. The number of anilines is 2. The van der Waals surface area contributed by atoms with Gasteiger partial charge in [0.1, 0.15) is 12.4 Å². The average molecular weight is 344 g/mol. The summed E-state index contributed by atoms with van der Waals surface area (Å²) in [5, 5.41) is 4.38. The van der Waals surface area contributed by atoms with Crippen molar-refractivity contribution in [2.24, 2.45) is 0 Å². The molecule has 3 rings (SSSR count). The first-order valence-corrected chi connectivity index (χ1v) is 8.54. The third-order valence-electron chi connectivity index (χ3n) is 4.49. The van der Waals surface area contributed by atoms with Crippen LogP contribution in [0.25, 0.3) is 0 Å². The lowest BCUT2D eigenvalue weighted by molar-refractivity contribution is -0.119. The Kier molecular flexibility index (Phi) is 4.87. The number of hydrogen-bond donors (Lipinski definition) is 0. The number of aromatic nitrogens is 4. The number of hydrogen-bond acceptors (Lipinski definition) is 5. The quantitative estimate of drug-likeness (QED) is 0.823. The molecule has 0 aromatic carbocycles. The van der Waals surface area contributed by atoms with Crippen LogP contribution in [0.15, 0.2) is 23.1 Å². The summed E-state index contributed by atoms with van der Waals surface area (Å²) < 4.78 is 2.99. The van der Waals surface area contributed by atoms with Gasteiger partial charge in [-0.15, -0.1) is 0 Å². The number of amides is 1. The van der Waals surface area contributed by atoms with Crippen LogP contribution in [0.5, 0.6) is 0 Å². The van der Waals surface area contributed by atoms with Crippen LogP contribution >= 0.6 is 0 Å². The van der Waals surface area contributed by atoms with Gasteiger partial charge in [0.25, 0.3) is 0 Å². The molecular weight excluding hydrogens is 320 g/mol. The second kappa shape index (κ2) is 7.08. The number of pyridine rings is 1. The standard InChI is InChI=1S/C17H24N6O2/c1-20(2)16-13(8-7-10-18-16)21(3)15(24)12-23-17(25)22-11-6-4-5-9-14(22)19-23/h7-8,10H,4-6,9,11-12H2,1-3H3. The zero-order valence-electron chi connectivity index (χ0n) is 15.0. The molecular formula is C17H24N6O2. The van der Waals surface area contributed by atoms with Crippen molar-refractivity contribution >= 4 is 17.4 Å². The minimum atomic E-state index is -0.202. The molecule has 0 unspecified atom stereocenters. The van der Waals surface area contributed by atoms with Gasteiger partial charge in [-0.2, -0.15) is 5.10 Å². The minimum absolute atomic E-state index is 0.0723. The molecule has 2 aromatic heterocycles. The van der Waals surface area contributed by atoms with Crippen molar-refractivity contribution < 1.29 is 4.79 Å². The molecule has 134 valence electrons. The van der Waals surface area contributed by atoms with Crippen molar-refractivity contribution in [3.05, 3.63) is 34.6 Å². The molecule has 2 aromatic rings. The van der Waals surface area contributed by atoms with E-state index < -0.39 is 0 Å². The van der Waals surface area contributed by atoms with Gasteiger partial charge >= 0.3 is 5.69 Å². The lowest BCUT2D eigenvalue weighted by atomic mass is 10.2. The van der Waals surface area contributed by atoms with Crippen molar-refractivity contribution in [2.75, 3.05) is 30.9 Å². The number of carbonyl (C=O) groups excluding carboxylic acids is 1. The topological polar surface area (TPSA) is 76.3 Å². The summed E-state index contributed by atoms with van der Waals surface area (Å²) in [5.41, 5.74) is 0.504. The first-order chi connectivity index (χ1) is 12.0. The van der Waals surface area contributed by atoms with Crippen LogP contribution in [-0.4, -0.2) is 46.4 Å². The number of aryl methyl sites for hydroxylation is 1. The fourth-order valence-corrected chi connectivity index (χ4v) is 3.09. The third-order valence-corrected chi connectivity index (χ3v) is 4.49. The molecule has 0 radical (unpaired) electrons. The van der Waals surface area contributed by atoms with E-state index in [1.807, 2.05) is 25.1 Å². The van der Waals surface area contributed by atoms with Crippen molar-refractivity contribution in [2.45, 2.75) is 38.8 Å². The molecule has 0 fully saturated rings. The highest BCUT2D eigenvalue weighted by Crippen LogP contribution is 2.24. The van der Waals surface area contributed by atoms with Crippen LogP contribution in [-0.2, 0) is 24.3 Å². The van der Waals surface area contributed by atoms with E-state index in [0.717, 1.165) is 31.5 Å². The van der Waals surface area contributed by atoms with E-state index in [1.54, 1.807) is 23.9 Å². The Morgan fingerprint density at radius 2 is 2.04 bits per heavy atom. The molecule has 0 bridgehead atoms. The molecule has 1 amide bonds. The maximum Gasteiger partial charge on any atom is 0.346 e. The second-order valence-corrected chi connectivity index (χ2v) is 6.51. The van der Waals surface area contributed by atoms with Gasteiger partial charge in [-0.1, -0.05) is 6.42 Å². The Hall–Kier alpha value is -2.64. The zero-order valence-corrected chi connectivity index (χ0v) is 15.0. The molecule has 8 nitrogen and oxygen atoms in total. The number of likely N-dealkylation sites (N-methyl/N-ethyl adjacent to an activating group) is 1. The van der Waals surface area contributed by atoms with Gasteiger partial charge in [-0.3, -0.25) is 9.36 Å². The van der Waals surface area contributed by atoms with Gasteiger partial charge in [0.05, 0.1) is 5.69 Å². The molecule has 0 N–H and O–H groups in total. The van der Waals surface area contributed by atoms with Crippen LogP contribution in [0.3, 0.4) is 0 Å². The van der Waals surface area contributed by atoms with Gasteiger partial charge in [-0.25, -0.2) is 14.5 Å². The zero-order chi connectivity index (χ0) is 18.0. The van der Waals surface area contributed by atoms with E-state index in [-0.39, 0.29) is 18.1 Å². The van der Waals surface area contributed by atoms with Crippen molar-refractivity contribution in [1.29, 1.82) is 0 Å². The maximum atomic E-state index is 12.7. The predicted octanol–water partition coefficient (Wildman–Crippen LogP) is 0.895. The van der Waals surface area contributed by atoms with E-state index in [9.17, 15) is 9.59 Å². The Labute approximate surface area is 146 Å². The van der Waals surface area contributed by atoms with E-state index in [2.05, 4.69) is 10.1 Å². The summed E-state index contributed by atoms with van der Waals surface area (Å²) in [5.74, 6) is 1.28. The van der Waals surface area contributed by atoms with Gasteiger partial charge in [-0.05, 0) is 25.0 Å².